The van der Waals surface area contributed by atoms with Crippen molar-refractivity contribution in [3.8, 4) is 0 Å². The standard InChI is InChI=1S/C6H13NO2.2H2O/c1-7-5-3-2-4-6(8)9;;/h7H,2-5H2,1H3,(H,8,9);2*1H2. The molecule has 6 N–H and O–H groups in total. The van der Waals surface area contributed by atoms with Gasteiger partial charge in [0.25, 0.3) is 0 Å². The molecule has 0 amide bonds. The van der Waals surface area contributed by atoms with E-state index in [2.05, 4.69) is 5.32 Å². The van der Waals surface area contributed by atoms with Crippen LogP contribution in [0.4, 0.5) is 0 Å². The molecule has 5 heteroatoms. The van der Waals surface area contributed by atoms with Crippen LogP contribution in [0.5, 0.6) is 0 Å². The van der Waals surface area contributed by atoms with E-state index in [-0.39, 0.29) is 11.0 Å². The largest absolute Gasteiger partial charge is 0.481 e. The van der Waals surface area contributed by atoms with Gasteiger partial charge in [0.15, 0.2) is 0 Å². The second-order valence-corrected chi connectivity index (χ2v) is 1.95. The van der Waals surface area contributed by atoms with Gasteiger partial charge in [0.1, 0.15) is 0 Å². The number of carboxylic acids is 1. The van der Waals surface area contributed by atoms with Crippen molar-refractivity contribution in [2.75, 3.05) is 13.6 Å². The zero-order valence-electron chi connectivity index (χ0n) is 6.68. The average Bonchev–Trinajstić information content (AvgIpc) is 1.80. The van der Waals surface area contributed by atoms with E-state index in [1.165, 1.54) is 0 Å². The Morgan fingerprint density at radius 2 is 1.91 bits per heavy atom. The molecule has 0 aliphatic heterocycles. The molecule has 11 heavy (non-hydrogen) atoms. The van der Waals surface area contributed by atoms with Crippen LogP contribution in [-0.2, 0) is 4.79 Å². The lowest BCUT2D eigenvalue weighted by Crippen LogP contribution is -2.07. The van der Waals surface area contributed by atoms with Crippen molar-refractivity contribution in [2.45, 2.75) is 19.3 Å². The quantitative estimate of drug-likeness (QED) is 0.502. The molecular formula is C6H17NO4. The van der Waals surface area contributed by atoms with E-state index < -0.39 is 5.97 Å². The van der Waals surface area contributed by atoms with Crippen LogP contribution in [0.15, 0.2) is 0 Å². The highest BCUT2D eigenvalue weighted by molar-refractivity contribution is 5.66. The summed E-state index contributed by atoms with van der Waals surface area (Å²) in [5.74, 6) is -0.703. The highest BCUT2D eigenvalue weighted by Crippen LogP contribution is 1.92. The van der Waals surface area contributed by atoms with Gasteiger partial charge >= 0.3 is 5.97 Å². The fraction of sp³-hybridized carbons (Fsp3) is 0.833. The molecule has 0 saturated heterocycles. The minimum atomic E-state index is -0.703. The van der Waals surface area contributed by atoms with Crippen molar-refractivity contribution in [1.29, 1.82) is 0 Å². The summed E-state index contributed by atoms with van der Waals surface area (Å²) in [6.45, 7) is 0.910. The fourth-order valence-corrected chi connectivity index (χ4v) is 0.578. The third-order valence-corrected chi connectivity index (χ3v) is 1.07. The molecule has 0 atom stereocenters. The lowest BCUT2D eigenvalue weighted by Gasteiger charge is -1.94. The first-order chi connectivity index (χ1) is 4.27. The number of rotatable bonds is 5. The monoisotopic (exact) mass is 167 g/mol. The lowest BCUT2D eigenvalue weighted by atomic mass is 10.2. The number of unbranched alkanes of at least 4 members (excludes halogenated alkanes) is 1. The maximum atomic E-state index is 9.94. The van der Waals surface area contributed by atoms with Gasteiger partial charge in [-0.1, -0.05) is 0 Å². The molecule has 0 saturated carbocycles. The molecule has 0 heterocycles. The zero-order valence-corrected chi connectivity index (χ0v) is 6.68. The molecule has 0 bridgehead atoms. The summed E-state index contributed by atoms with van der Waals surface area (Å²) in [6.07, 6.45) is 2.01. The van der Waals surface area contributed by atoms with E-state index in [0.29, 0.717) is 6.42 Å². The van der Waals surface area contributed by atoms with Crippen molar-refractivity contribution in [2.24, 2.45) is 0 Å². The number of nitrogens with one attached hydrogen (secondary N) is 1. The number of aliphatic carboxylic acids is 1. The van der Waals surface area contributed by atoms with Gasteiger partial charge in [-0.2, -0.15) is 0 Å². The minimum absolute atomic E-state index is 0. The van der Waals surface area contributed by atoms with Gasteiger partial charge in [0, 0.05) is 6.42 Å². The third kappa shape index (κ3) is 17.6. The maximum absolute atomic E-state index is 9.94. The minimum Gasteiger partial charge on any atom is -0.481 e. The van der Waals surface area contributed by atoms with Gasteiger partial charge in [-0.3, -0.25) is 4.79 Å². The molecular weight excluding hydrogens is 150 g/mol. The van der Waals surface area contributed by atoms with Gasteiger partial charge in [-0.15, -0.1) is 0 Å². The van der Waals surface area contributed by atoms with E-state index in [0.717, 1.165) is 19.4 Å². The Kier molecular flexibility index (Phi) is 18.4. The fourth-order valence-electron chi connectivity index (χ4n) is 0.578. The summed E-state index contributed by atoms with van der Waals surface area (Å²) in [5, 5.41) is 11.1. The molecule has 70 valence electrons. The maximum Gasteiger partial charge on any atom is 0.303 e. The van der Waals surface area contributed by atoms with Crippen LogP contribution in [-0.4, -0.2) is 35.6 Å². The van der Waals surface area contributed by atoms with Crippen molar-refractivity contribution in [3.05, 3.63) is 0 Å². The Balaban J connectivity index is -0.000000320. The summed E-state index contributed by atoms with van der Waals surface area (Å²) in [4.78, 5) is 9.94. The first kappa shape index (κ1) is 16.7. The summed E-state index contributed by atoms with van der Waals surface area (Å²) in [7, 11) is 1.86. The SMILES string of the molecule is CNCCCCC(=O)O.O.O. The van der Waals surface area contributed by atoms with Crippen LogP contribution in [0.2, 0.25) is 0 Å². The Bertz CT molecular complexity index is 86.7. The van der Waals surface area contributed by atoms with Crippen LogP contribution >= 0.6 is 0 Å². The van der Waals surface area contributed by atoms with E-state index in [4.69, 9.17) is 5.11 Å². The number of carboxylic acid groups (broad SMARTS) is 1. The first-order valence-electron chi connectivity index (χ1n) is 3.13. The van der Waals surface area contributed by atoms with Crippen LogP contribution in [0.25, 0.3) is 0 Å². The number of carbonyl (C=O) groups is 1. The van der Waals surface area contributed by atoms with Crippen LogP contribution in [0.1, 0.15) is 19.3 Å². The Morgan fingerprint density at radius 1 is 1.36 bits per heavy atom. The number of hydrogen-bond donors (Lipinski definition) is 2. The molecule has 0 fully saturated rings. The second kappa shape index (κ2) is 12.1. The molecule has 0 radical (unpaired) electrons. The summed E-state index contributed by atoms with van der Waals surface area (Å²) >= 11 is 0. The average molecular weight is 167 g/mol. The molecule has 0 spiro atoms. The molecule has 0 aromatic rings. The smallest absolute Gasteiger partial charge is 0.303 e. The molecule has 0 aromatic carbocycles. The van der Waals surface area contributed by atoms with Gasteiger partial charge < -0.3 is 21.4 Å². The molecule has 0 aliphatic carbocycles. The third-order valence-electron chi connectivity index (χ3n) is 1.07. The highest BCUT2D eigenvalue weighted by Gasteiger charge is 1.93. The Hall–Kier alpha value is -0.650. The van der Waals surface area contributed by atoms with Crippen LogP contribution in [0.3, 0.4) is 0 Å². The van der Waals surface area contributed by atoms with Crippen molar-refractivity contribution in [1.82, 2.24) is 5.32 Å². The summed E-state index contributed by atoms with van der Waals surface area (Å²) in [5.41, 5.74) is 0. The predicted octanol–water partition coefficient (Wildman–Crippen LogP) is -1.19. The second-order valence-electron chi connectivity index (χ2n) is 1.95. The van der Waals surface area contributed by atoms with E-state index >= 15 is 0 Å². The zero-order chi connectivity index (χ0) is 7.11. The highest BCUT2D eigenvalue weighted by atomic mass is 16.4. The lowest BCUT2D eigenvalue weighted by molar-refractivity contribution is -0.137. The molecule has 0 aliphatic rings. The molecule has 5 nitrogen and oxygen atoms in total. The molecule has 0 aromatic heterocycles. The van der Waals surface area contributed by atoms with Gasteiger partial charge in [0.2, 0.25) is 0 Å². The first-order valence-corrected chi connectivity index (χ1v) is 3.13. The van der Waals surface area contributed by atoms with E-state index in [9.17, 15) is 4.79 Å². The topological polar surface area (TPSA) is 112 Å². The van der Waals surface area contributed by atoms with E-state index in [1.54, 1.807) is 0 Å². The molecule has 0 unspecified atom stereocenters. The van der Waals surface area contributed by atoms with Gasteiger partial charge in [0.05, 0.1) is 0 Å². The van der Waals surface area contributed by atoms with Crippen molar-refractivity contribution < 1.29 is 20.9 Å². The summed E-state index contributed by atoms with van der Waals surface area (Å²) < 4.78 is 0. The van der Waals surface area contributed by atoms with Gasteiger partial charge in [-0.05, 0) is 26.4 Å². The van der Waals surface area contributed by atoms with Crippen LogP contribution in [0, 0.1) is 0 Å². The number of hydrogen-bond acceptors (Lipinski definition) is 2. The summed E-state index contributed by atoms with van der Waals surface area (Å²) in [6, 6.07) is 0. The van der Waals surface area contributed by atoms with Crippen LogP contribution < -0.4 is 5.32 Å². The Morgan fingerprint density at radius 3 is 2.27 bits per heavy atom. The van der Waals surface area contributed by atoms with E-state index in [1.807, 2.05) is 7.05 Å². The predicted molar refractivity (Wildman–Crippen MR) is 42.6 cm³/mol. The normalized spacial score (nSPS) is 7.73. The van der Waals surface area contributed by atoms with Crippen molar-refractivity contribution >= 4 is 5.97 Å². The van der Waals surface area contributed by atoms with Gasteiger partial charge in [-0.25, -0.2) is 0 Å². The molecule has 0 rings (SSSR count). The van der Waals surface area contributed by atoms with Crippen molar-refractivity contribution in [3.63, 3.8) is 0 Å². The Labute approximate surface area is 66.0 Å².